The summed E-state index contributed by atoms with van der Waals surface area (Å²) >= 11 is 19.9. The molecule has 0 aliphatic heterocycles. The Kier molecular flexibility index (Phi) is 6.62. The molecule has 0 radical (unpaired) electrons. The van der Waals surface area contributed by atoms with Gasteiger partial charge < -0.3 is 9.63 Å². The van der Waals surface area contributed by atoms with Crippen molar-refractivity contribution in [3.63, 3.8) is 0 Å². The van der Waals surface area contributed by atoms with Crippen LogP contribution < -0.4 is 0 Å². The first-order valence-electron chi connectivity index (χ1n) is 10.8. The number of halogens is 3. The van der Waals surface area contributed by atoms with Crippen molar-refractivity contribution in [3.05, 3.63) is 93.3 Å². The molecule has 5 rings (SSSR count). The number of imidazole rings is 1. The fourth-order valence-corrected chi connectivity index (χ4v) is 4.71. The van der Waals surface area contributed by atoms with Gasteiger partial charge in [0, 0.05) is 12.8 Å². The Hall–Kier alpha value is -3.16. The molecule has 0 aliphatic rings. The molecule has 0 spiro atoms. The Morgan fingerprint density at radius 3 is 2.31 bits per heavy atom. The first-order chi connectivity index (χ1) is 16.9. The Morgan fingerprint density at radius 1 is 0.886 bits per heavy atom. The first kappa shape index (κ1) is 23.6. The second-order valence-electron chi connectivity index (χ2n) is 7.90. The smallest absolute Gasteiger partial charge is 0.278 e. The number of aryl methyl sites for hydroxylation is 1. The molecule has 2 heterocycles. The average Bonchev–Trinajstić information content (AvgIpc) is 3.46. The lowest BCUT2D eigenvalue weighted by molar-refractivity contribution is 0.299. The van der Waals surface area contributed by atoms with Crippen LogP contribution in [0.1, 0.15) is 11.4 Å². The molecule has 5 aromatic rings. The van der Waals surface area contributed by atoms with Crippen molar-refractivity contribution in [2.75, 3.05) is 6.61 Å². The minimum absolute atomic E-state index is 0.0963. The maximum absolute atomic E-state index is 9.27. The Morgan fingerprint density at radius 2 is 1.63 bits per heavy atom. The lowest BCUT2D eigenvalue weighted by Gasteiger charge is -2.13. The Bertz CT molecular complexity index is 1510. The fraction of sp³-hybridized carbons (Fsp3) is 0.115. The molecule has 176 valence electrons. The molecule has 0 amide bonds. The van der Waals surface area contributed by atoms with Gasteiger partial charge in [0.25, 0.3) is 5.89 Å². The number of aromatic nitrogens is 4. The third kappa shape index (κ3) is 4.70. The lowest BCUT2D eigenvalue weighted by atomic mass is 10.0. The van der Waals surface area contributed by atoms with Gasteiger partial charge in [-0.1, -0.05) is 76.4 Å². The molecule has 0 saturated carbocycles. The van der Waals surface area contributed by atoms with Crippen molar-refractivity contribution >= 4 is 34.8 Å². The number of nitrogens with zero attached hydrogens (tertiary/aromatic N) is 4. The van der Waals surface area contributed by atoms with E-state index in [2.05, 4.69) is 10.1 Å². The number of hydrogen-bond acceptors (Lipinski definition) is 5. The zero-order valence-corrected chi connectivity index (χ0v) is 20.8. The number of aliphatic hydroxyl groups excluding tert-OH is 1. The number of rotatable bonds is 6. The van der Waals surface area contributed by atoms with Crippen LogP contribution in [0.3, 0.4) is 0 Å². The lowest BCUT2D eigenvalue weighted by Crippen LogP contribution is -1.99. The monoisotopic (exact) mass is 524 g/mol. The highest BCUT2D eigenvalue weighted by Crippen LogP contribution is 2.38. The minimum Gasteiger partial charge on any atom is -0.396 e. The van der Waals surface area contributed by atoms with Crippen LogP contribution in [0.4, 0.5) is 0 Å². The maximum Gasteiger partial charge on any atom is 0.278 e. The van der Waals surface area contributed by atoms with E-state index in [-0.39, 0.29) is 12.5 Å². The van der Waals surface area contributed by atoms with E-state index in [1.165, 1.54) is 0 Å². The van der Waals surface area contributed by atoms with Crippen LogP contribution in [-0.4, -0.2) is 31.4 Å². The van der Waals surface area contributed by atoms with Crippen LogP contribution >= 0.6 is 34.8 Å². The average molecular weight is 526 g/mol. The third-order valence-electron chi connectivity index (χ3n) is 5.51. The largest absolute Gasteiger partial charge is 0.396 e. The van der Waals surface area contributed by atoms with E-state index in [1.54, 1.807) is 31.3 Å². The second-order valence-corrected chi connectivity index (χ2v) is 9.12. The molecule has 6 nitrogen and oxygen atoms in total. The summed E-state index contributed by atoms with van der Waals surface area (Å²) < 4.78 is 7.15. The molecule has 0 aliphatic carbocycles. The molecule has 0 saturated heterocycles. The van der Waals surface area contributed by atoms with E-state index in [1.807, 2.05) is 47.0 Å². The van der Waals surface area contributed by atoms with Crippen LogP contribution in [0, 0.1) is 6.92 Å². The summed E-state index contributed by atoms with van der Waals surface area (Å²) in [5, 5.41) is 14.5. The quantitative estimate of drug-likeness (QED) is 0.257. The highest BCUT2D eigenvalue weighted by Gasteiger charge is 2.22. The molecule has 0 fully saturated rings. The minimum atomic E-state index is 0.0963. The van der Waals surface area contributed by atoms with Crippen molar-refractivity contribution < 1.29 is 9.63 Å². The van der Waals surface area contributed by atoms with Crippen LogP contribution in [-0.2, 0) is 6.42 Å². The third-order valence-corrected chi connectivity index (χ3v) is 6.44. The van der Waals surface area contributed by atoms with Gasteiger partial charge in [-0.2, -0.15) is 4.98 Å². The van der Waals surface area contributed by atoms with Gasteiger partial charge in [-0.15, -0.1) is 0 Å². The van der Waals surface area contributed by atoms with Gasteiger partial charge >= 0.3 is 0 Å². The molecule has 1 N–H and O–H groups in total. The van der Waals surface area contributed by atoms with Gasteiger partial charge in [-0.3, -0.25) is 4.57 Å². The highest BCUT2D eigenvalue weighted by atomic mass is 35.5. The summed E-state index contributed by atoms with van der Waals surface area (Å²) in [5.74, 6) is 1.27. The van der Waals surface area contributed by atoms with E-state index in [0.717, 1.165) is 16.7 Å². The van der Waals surface area contributed by atoms with Gasteiger partial charge in [0.15, 0.2) is 5.82 Å². The molecule has 0 unspecified atom stereocenters. The molecule has 2 aromatic heterocycles. The fourth-order valence-electron chi connectivity index (χ4n) is 3.87. The van der Waals surface area contributed by atoms with Crippen LogP contribution in [0.15, 0.2) is 71.4 Å². The number of hydrogen-bond donors (Lipinski definition) is 1. The SMILES string of the molecule is Cc1noc(-c2cn(-c3ccc(-c4cccc(CCO)c4)cc3Cl)c(-c3c(Cl)cccc3Cl)n2)n1. The van der Waals surface area contributed by atoms with E-state index >= 15 is 0 Å². The van der Waals surface area contributed by atoms with Crippen molar-refractivity contribution in [2.24, 2.45) is 0 Å². The van der Waals surface area contributed by atoms with Crippen molar-refractivity contribution in [1.29, 1.82) is 0 Å². The Balaban J connectivity index is 1.65. The normalized spacial score (nSPS) is 11.2. The summed E-state index contributed by atoms with van der Waals surface area (Å²) in [6, 6.07) is 19.1. The topological polar surface area (TPSA) is 77.0 Å². The molecule has 35 heavy (non-hydrogen) atoms. The predicted octanol–water partition coefficient (Wildman–Crippen LogP) is 7.06. The van der Waals surface area contributed by atoms with Gasteiger partial charge in [0.05, 0.1) is 26.3 Å². The van der Waals surface area contributed by atoms with E-state index in [0.29, 0.717) is 50.1 Å². The molecule has 0 atom stereocenters. The van der Waals surface area contributed by atoms with Gasteiger partial charge in [0.1, 0.15) is 11.5 Å². The standard InChI is InChI=1S/C26H19Cl3N4O2/c1-15-30-26(35-32-15)22-14-33(25(31-22)24-19(27)6-3-7-20(24)28)23-9-8-18(13-21(23)29)17-5-2-4-16(12-17)10-11-34/h2-9,12-14,34H,10-11H2,1H3. The van der Waals surface area contributed by atoms with Crippen LogP contribution in [0.25, 0.3) is 39.8 Å². The zero-order valence-electron chi connectivity index (χ0n) is 18.5. The summed E-state index contributed by atoms with van der Waals surface area (Å²) in [5.41, 5.74) is 4.72. The maximum atomic E-state index is 9.27. The van der Waals surface area contributed by atoms with Gasteiger partial charge in [0.2, 0.25) is 0 Å². The van der Waals surface area contributed by atoms with Gasteiger partial charge in [-0.25, -0.2) is 4.98 Å². The van der Waals surface area contributed by atoms with Crippen molar-refractivity contribution in [2.45, 2.75) is 13.3 Å². The Labute approximate surface area is 216 Å². The molecule has 3 aromatic carbocycles. The summed E-state index contributed by atoms with van der Waals surface area (Å²) in [6.45, 7) is 1.83. The summed E-state index contributed by atoms with van der Waals surface area (Å²) in [6.07, 6.45) is 2.36. The van der Waals surface area contributed by atoms with Crippen molar-refractivity contribution in [3.8, 4) is 39.8 Å². The van der Waals surface area contributed by atoms with E-state index < -0.39 is 0 Å². The highest BCUT2D eigenvalue weighted by molar-refractivity contribution is 6.39. The second kappa shape index (κ2) is 9.84. The number of benzene rings is 3. The number of aliphatic hydroxyl groups is 1. The predicted molar refractivity (Wildman–Crippen MR) is 138 cm³/mol. The van der Waals surface area contributed by atoms with E-state index in [4.69, 9.17) is 44.3 Å². The molecular weight excluding hydrogens is 507 g/mol. The zero-order chi connectivity index (χ0) is 24.5. The van der Waals surface area contributed by atoms with Crippen molar-refractivity contribution in [1.82, 2.24) is 19.7 Å². The van der Waals surface area contributed by atoms with E-state index in [9.17, 15) is 5.11 Å². The molecule has 9 heteroatoms. The van der Waals surface area contributed by atoms with Crippen LogP contribution in [0.2, 0.25) is 15.1 Å². The van der Waals surface area contributed by atoms with Crippen LogP contribution in [0.5, 0.6) is 0 Å². The molecule has 0 bridgehead atoms. The summed E-state index contributed by atoms with van der Waals surface area (Å²) in [4.78, 5) is 9.03. The summed E-state index contributed by atoms with van der Waals surface area (Å²) in [7, 11) is 0. The first-order valence-corrected chi connectivity index (χ1v) is 11.9. The molecular formula is C26H19Cl3N4O2. The van der Waals surface area contributed by atoms with Gasteiger partial charge in [-0.05, 0) is 54.3 Å².